The zero-order valence-electron chi connectivity index (χ0n) is 14.1. The second-order valence-corrected chi connectivity index (χ2v) is 7.28. The van der Waals surface area contributed by atoms with E-state index in [4.69, 9.17) is 9.56 Å². The lowest BCUT2D eigenvalue weighted by molar-refractivity contribution is -0.116. The minimum Gasteiger partial charge on any atom is -0.441 e. The molecular weight excluding hydrogens is 373 g/mol. The van der Waals surface area contributed by atoms with Gasteiger partial charge in [0.25, 0.3) is 0 Å². The Balaban J connectivity index is 1.61. The van der Waals surface area contributed by atoms with Crippen LogP contribution in [0.5, 0.6) is 0 Å². The van der Waals surface area contributed by atoms with Gasteiger partial charge in [0, 0.05) is 18.5 Å². The number of aryl methyl sites for hydroxylation is 1. The van der Waals surface area contributed by atoms with Gasteiger partial charge in [0.2, 0.25) is 15.9 Å². The van der Waals surface area contributed by atoms with Crippen LogP contribution in [0, 0.1) is 5.82 Å². The van der Waals surface area contributed by atoms with Crippen molar-refractivity contribution in [3.8, 4) is 11.3 Å². The van der Waals surface area contributed by atoms with Crippen LogP contribution in [0.3, 0.4) is 0 Å². The number of anilines is 1. The van der Waals surface area contributed by atoms with Crippen molar-refractivity contribution in [2.45, 2.75) is 17.7 Å². The Labute approximate surface area is 155 Å². The van der Waals surface area contributed by atoms with E-state index in [-0.39, 0.29) is 29.4 Å². The van der Waals surface area contributed by atoms with Crippen molar-refractivity contribution in [3.63, 3.8) is 0 Å². The van der Waals surface area contributed by atoms with E-state index in [2.05, 4.69) is 10.3 Å². The highest BCUT2D eigenvalue weighted by Crippen LogP contribution is 2.23. The third-order valence-electron chi connectivity index (χ3n) is 3.71. The van der Waals surface area contributed by atoms with Crippen molar-refractivity contribution in [1.82, 2.24) is 4.98 Å². The Bertz CT molecular complexity index is 1080. The third-order valence-corrected chi connectivity index (χ3v) is 4.62. The fourth-order valence-corrected chi connectivity index (χ4v) is 2.97. The van der Waals surface area contributed by atoms with Gasteiger partial charge in [-0.05, 0) is 30.3 Å². The molecule has 0 saturated carbocycles. The first-order valence-electron chi connectivity index (χ1n) is 7.95. The molecule has 0 aliphatic rings. The first kappa shape index (κ1) is 18.7. The van der Waals surface area contributed by atoms with Gasteiger partial charge in [0.05, 0.1) is 16.7 Å². The fraction of sp³-hybridized carbons (Fsp3) is 0.111. The maximum Gasteiger partial charge on any atom is 0.238 e. The molecule has 2 aromatic carbocycles. The first-order valence-corrected chi connectivity index (χ1v) is 9.50. The molecule has 3 aromatic rings. The summed E-state index contributed by atoms with van der Waals surface area (Å²) in [5.41, 5.74) is 0.603. The van der Waals surface area contributed by atoms with Crippen LogP contribution in [-0.2, 0) is 21.2 Å². The quantitative estimate of drug-likeness (QED) is 0.672. The van der Waals surface area contributed by atoms with Crippen molar-refractivity contribution >= 4 is 21.6 Å². The summed E-state index contributed by atoms with van der Waals surface area (Å²) in [6.45, 7) is 0. The fourth-order valence-electron chi connectivity index (χ4n) is 2.41. The van der Waals surface area contributed by atoms with Gasteiger partial charge in [-0.15, -0.1) is 0 Å². The van der Waals surface area contributed by atoms with Crippen LogP contribution in [0.4, 0.5) is 10.1 Å². The second-order valence-electron chi connectivity index (χ2n) is 5.72. The number of nitrogens with zero attached hydrogens (tertiary/aromatic N) is 1. The molecule has 0 aliphatic carbocycles. The lowest BCUT2D eigenvalue weighted by atomic mass is 10.2. The van der Waals surface area contributed by atoms with Crippen LogP contribution in [0.2, 0.25) is 0 Å². The molecule has 1 amide bonds. The van der Waals surface area contributed by atoms with Gasteiger partial charge in [0.15, 0.2) is 11.7 Å². The second kappa shape index (κ2) is 7.68. The molecule has 3 rings (SSSR count). The highest BCUT2D eigenvalue weighted by atomic mass is 32.2. The van der Waals surface area contributed by atoms with Crippen molar-refractivity contribution in [2.24, 2.45) is 5.14 Å². The summed E-state index contributed by atoms with van der Waals surface area (Å²) >= 11 is 0. The molecule has 7 nitrogen and oxygen atoms in total. The number of halogens is 1. The molecule has 3 N–H and O–H groups in total. The summed E-state index contributed by atoms with van der Waals surface area (Å²) < 4.78 is 41.9. The maximum absolute atomic E-state index is 13.8. The molecule has 0 atom stereocenters. The predicted molar refractivity (Wildman–Crippen MR) is 96.7 cm³/mol. The van der Waals surface area contributed by atoms with Crippen LogP contribution >= 0.6 is 0 Å². The topological polar surface area (TPSA) is 115 Å². The molecule has 1 aromatic heterocycles. The Morgan fingerprint density at radius 2 is 1.96 bits per heavy atom. The molecule has 0 fully saturated rings. The number of carbonyl (C=O) groups excluding carboxylic acids is 1. The molecule has 1 heterocycles. The van der Waals surface area contributed by atoms with Crippen LogP contribution in [-0.4, -0.2) is 19.3 Å². The highest BCUT2D eigenvalue weighted by molar-refractivity contribution is 7.89. The average molecular weight is 389 g/mol. The number of rotatable bonds is 6. The van der Waals surface area contributed by atoms with Gasteiger partial charge in [-0.2, -0.15) is 0 Å². The normalized spacial score (nSPS) is 11.3. The van der Waals surface area contributed by atoms with E-state index < -0.39 is 15.8 Å². The summed E-state index contributed by atoms with van der Waals surface area (Å²) in [6.07, 6.45) is 1.66. The summed E-state index contributed by atoms with van der Waals surface area (Å²) in [6, 6.07) is 11.8. The van der Waals surface area contributed by atoms with Gasteiger partial charge in [-0.25, -0.2) is 22.9 Å². The monoisotopic (exact) mass is 389 g/mol. The van der Waals surface area contributed by atoms with E-state index in [0.717, 1.165) is 0 Å². The van der Waals surface area contributed by atoms with E-state index in [1.165, 1.54) is 30.5 Å². The molecule has 0 aliphatic heterocycles. The molecule has 140 valence electrons. The molecule has 0 bridgehead atoms. The number of nitrogens with two attached hydrogens (primary N) is 1. The smallest absolute Gasteiger partial charge is 0.238 e. The Morgan fingerprint density at radius 1 is 1.19 bits per heavy atom. The van der Waals surface area contributed by atoms with E-state index >= 15 is 0 Å². The van der Waals surface area contributed by atoms with Gasteiger partial charge in [-0.3, -0.25) is 4.79 Å². The number of hydrogen-bond acceptors (Lipinski definition) is 5. The number of amides is 1. The Morgan fingerprint density at radius 3 is 2.70 bits per heavy atom. The van der Waals surface area contributed by atoms with Gasteiger partial charge < -0.3 is 9.73 Å². The number of carbonyl (C=O) groups is 1. The Hall–Kier alpha value is -3.04. The minimum absolute atomic E-state index is 0.0524. The van der Waals surface area contributed by atoms with Crippen molar-refractivity contribution in [1.29, 1.82) is 0 Å². The summed E-state index contributed by atoms with van der Waals surface area (Å²) in [5.74, 6) is -0.203. The van der Waals surface area contributed by atoms with Crippen LogP contribution in [0.1, 0.15) is 12.3 Å². The zero-order chi connectivity index (χ0) is 19.4. The molecular formula is C18H16FN3O4S. The van der Waals surface area contributed by atoms with E-state index in [1.807, 2.05) is 0 Å². The summed E-state index contributed by atoms with van der Waals surface area (Å²) in [4.78, 5) is 16.0. The Kier molecular flexibility index (Phi) is 5.33. The number of aromatic nitrogens is 1. The van der Waals surface area contributed by atoms with Crippen LogP contribution < -0.4 is 10.5 Å². The SMILES string of the molecule is NS(=O)(=O)c1cccc(NC(=O)CCc2ncc(-c3ccccc3F)o2)c1. The molecule has 0 saturated heterocycles. The van der Waals surface area contributed by atoms with E-state index in [9.17, 15) is 17.6 Å². The first-order chi connectivity index (χ1) is 12.8. The highest BCUT2D eigenvalue weighted by Gasteiger charge is 2.13. The minimum atomic E-state index is -3.85. The third kappa shape index (κ3) is 4.78. The maximum atomic E-state index is 13.8. The summed E-state index contributed by atoms with van der Waals surface area (Å²) in [7, 11) is -3.85. The van der Waals surface area contributed by atoms with Gasteiger partial charge >= 0.3 is 0 Å². The number of nitrogens with one attached hydrogen (secondary N) is 1. The number of benzene rings is 2. The molecule has 0 radical (unpaired) electrons. The van der Waals surface area contributed by atoms with E-state index in [1.54, 1.807) is 24.3 Å². The van der Waals surface area contributed by atoms with Crippen molar-refractivity contribution in [2.75, 3.05) is 5.32 Å². The van der Waals surface area contributed by atoms with Crippen LogP contribution in [0.25, 0.3) is 11.3 Å². The number of sulfonamides is 1. The number of oxazole rings is 1. The standard InChI is InChI=1S/C18H16FN3O4S/c19-15-7-2-1-6-14(15)16-11-21-18(26-16)9-8-17(23)22-12-4-3-5-13(10-12)27(20,24)25/h1-7,10-11H,8-9H2,(H,22,23)(H2,20,24,25). The molecule has 9 heteroatoms. The lowest BCUT2D eigenvalue weighted by Crippen LogP contribution is -2.15. The molecule has 0 unspecified atom stereocenters. The molecule has 0 spiro atoms. The van der Waals surface area contributed by atoms with Gasteiger partial charge in [-0.1, -0.05) is 18.2 Å². The van der Waals surface area contributed by atoms with Crippen molar-refractivity contribution in [3.05, 3.63) is 66.4 Å². The zero-order valence-corrected chi connectivity index (χ0v) is 14.9. The average Bonchev–Trinajstić information content (AvgIpc) is 3.09. The van der Waals surface area contributed by atoms with Crippen LogP contribution in [0.15, 0.2) is 64.0 Å². The van der Waals surface area contributed by atoms with E-state index in [0.29, 0.717) is 17.1 Å². The predicted octanol–water partition coefficient (Wildman–Crippen LogP) is 2.70. The summed E-state index contributed by atoms with van der Waals surface area (Å²) in [5, 5.41) is 7.65. The molecule has 27 heavy (non-hydrogen) atoms. The number of primary sulfonamides is 1. The lowest BCUT2D eigenvalue weighted by Gasteiger charge is -2.06. The number of hydrogen-bond donors (Lipinski definition) is 2. The van der Waals surface area contributed by atoms with Crippen molar-refractivity contribution < 1.29 is 22.0 Å². The van der Waals surface area contributed by atoms with Gasteiger partial charge in [0.1, 0.15) is 5.82 Å². The largest absolute Gasteiger partial charge is 0.441 e.